The van der Waals surface area contributed by atoms with Gasteiger partial charge in [0.05, 0.1) is 38.5 Å². The minimum atomic E-state index is -4.02. The minimum absolute atomic E-state index is 0.0722. The largest absolute Gasteiger partial charge is 0.497 e. The molecule has 0 bridgehead atoms. The average Bonchev–Trinajstić information content (AvgIpc) is 2.87. The van der Waals surface area contributed by atoms with Crippen LogP contribution in [0.25, 0.3) is 10.9 Å². The molecule has 1 heterocycles. The second-order valence-electron chi connectivity index (χ2n) is 7.46. The Morgan fingerprint density at radius 3 is 1.91 bits per heavy atom. The van der Waals surface area contributed by atoms with E-state index in [4.69, 9.17) is 14.2 Å². The molecule has 1 aromatic heterocycles. The van der Waals surface area contributed by atoms with Crippen molar-refractivity contribution in [3.8, 4) is 17.2 Å². The first kappa shape index (κ1) is 23.2. The molecular weight excluding hydrogens is 456 g/mol. The number of hydrogen-bond acceptors (Lipinski definition) is 6. The van der Waals surface area contributed by atoms with Crippen LogP contribution in [0, 0.1) is 0 Å². The monoisotopic (exact) mass is 480 g/mol. The lowest BCUT2D eigenvalue weighted by atomic mass is 10.1. The van der Waals surface area contributed by atoms with E-state index in [1.807, 2.05) is 0 Å². The third-order valence-corrected chi connectivity index (χ3v) is 7.24. The first-order valence-corrected chi connectivity index (χ1v) is 11.8. The molecule has 3 aromatic carbocycles. The first-order valence-electron chi connectivity index (χ1n) is 10.4. The molecule has 4 rings (SSSR count). The highest BCUT2D eigenvalue weighted by molar-refractivity contribution is 7.92. The number of aromatic nitrogens is 1. The van der Waals surface area contributed by atoms with Crippen LogP contribution < -0.4 is 24.1 Å². The molecule has 0 fully saturated rings. The van der Waals surface area contributed by atoms with Gasteiger partial charge < -0.3 is 19.2 Å². The van der Waals surface area contributed by atoms with Gasteiger partial charge in [0.15, 0.2) is 0 Å². The van der Waals surface area contributed by atoms with Crippen molar-refractivity contribution in [2.45, 2.75) is 11.4 Å². The van der Waals surface area contributed by atoms with Crippen LogP contribution in [0.5, 0.6) is 17.2 Å². The molecule has 176 valence electrons. The predicted octanol–water partition coefficient (Wildman–Crippen LogP) is 3.95. The number of fused-ring (bicyclic) bond motifs is 1. The molecule has 0 saturated heterocycles. The highest BCUT2D eigenvalue weighted by Gasteiger charge is 2.26. The Morgan fingerprint density at radius 1 is 0.765 bits per heavy atom. The molecule has 4 aromatic rings. The van der Waals surface area contributed by atoms with Crippen LogP contribution in [0.3, 0.4) is 0 Å². The highest BCUT2D eigenvalue weighted by atomic mass is 32.2. The lowest BCUT2D eigenvalue weighted by Gasteiger charge is -2.25. The van der Waals surface area contributed by atoms with E-state index in [2.05, 4.69) is 4.98 Å². The van der Waals surface area contributed by atoms with E-state index in [1.54, 1.807) is 67.8 Å². The predicted molar refractivity (Wildman–Crippen MR) is 130 cm³/mol. The van der Waals surface area contributed by atoms with Crippen LogP contribution in [-0.2, 0) is 16.6 Å². The number of sulfonamides is 1. The van der Waals surface area contributed by atoms with Gasteiger partial charge in [0.25, 0.3) is 15.6 Å². The van der Waals surface area contributed by atoms with Crippen molar-refractivity contribution >= 4 is 26.6 Å². The van der Waals surface area contributed by atoms with Crippen LogP contribution in [0.15, 0.2) is 82.5 Å². The lowest BCUT2D eigenvalue weighted by Crippen LogP contribution is -2.33. The van der Waals surface area contributed by atoms with Crippen LogP contribution in [0.1, 0.15) is 5.56 Å². The van der Waals surface area contributed by atoms with Gasteiger partial charge in [0, 0.05) is 16.5 Å². The Morgan fingerprint density at radius 2 is 1.32 bits per heavy atom. The van der Waals surface area contributed by atoms with Crippen molar-refractivity contribution in [3.05, 3.63) is 88.7 Å². The van der Waals surface area contributed by atoms with Crippen LogP contribution in [0.4, 0.5) is 5.69 Å². The molecule has 34 heavy (non-hydrogen) atoms. The molecule has 0 radical (unpaired) electrons. The summed E-state index contributed by atoms with van der Waals surface area (Å²) < 4.78 is 44.2. The number of nitrogens with one attached hydrogen (secondary N) is 1. The Bertz CT molecular complexity index is 1460. The SMILES string of the molecule is COc1ccc(N(Cc2cc3cc(OC)ccc3[nH]c2=O)S(=O)(=O)c2ccc(OC)cc2)cc1. The topological polar surface area (TPSA) is 97.9 Å². The molecule has 0 unspecified atom stereocenters. The zero-order valence-electron chi connectivity index (χ0n) is 18.9. The summed E-state index contributed by atoms with van der Waals surface area (Å²) in [5.74, 6) is 1.75. The number of nitrogens with zero attached hydrogens (tertiary/aromatic N) is 1. The molecule has 0 amide bonds. The smallest absolute Gasteiger partial charge is 0.264 e. The molecule has 0 aliphatic rings. The van der Waals surface area contributed by atoms with Gasteiger partial charge in [-0.3, -0.25) is 9.10 Å². The Labute approximate surface area is 197 Å². The zero-order chi connectivity index (χ0) is 24.3. The number of H-pyrrole nitrogens is 1. The van der Waals surface area contributed by atoms with Gasteiger partial charge in [0.1, 0.15) is 17.2 Å². The molecule has 0 aliphatic heterocycles. The molecule has 1 N–H and O–H groups in total. The molecule has 8 nitrogen and oxygen atoms in total. The van der Waals surface area contributed by atoms with Gasteiger partial charge in [-0.05, 0) is 72.8 Å². The lowest BCUT2D eigenvalue weighted by molar-refractivity contribution is 0.414. The molecule has 0 saturated carbocycles. The Kier molecular flexibility index (Phi) is 6.47. The van der Waals surface area contributed by atoms with Gasteiger partial charge in [-0.25, -0.2) is 8.42 Å². The fourth-order valence-corrected chi connectivity index (χ4v) is 5.01. The van der Waals surface area contributed by atoms with E-state index in [0.29, 0.717) is 28.5 Å². The van der Waals surface area contributed by atoms with Crippen LogP contribution in [-0.4, -0.2) is 34.7 Å². The summed E-state index contributed by atoms with van der Waals surface area (Å²) in [6.07, 6.45) is 0. The normalized spacial score (nSPS) is 11.3. The van der Waals surface area contributed by atoms with Gasteiger partial charge in [0.2, 0.25) is 0 Å². The van der Waals surface area contributed by atoms with Crippen molar-refractivity contribution < 1.29 is 22.6 Å². The summed E-state index contributed by atoms with van der Waals surface area (Å²) in [5, 5.41) is 0.727. The number of aromatic amines is 1. The van der Waals surface area contributed by atoms with Crippen molar-refractivity contribution in [3.63, 3.8) is 0 Å². The fourth-order valence-electron chi connectivity index (χ4n) is 3.57. The second-order valence-corrected chi connectivity index (χ2v) is 9.32. The second kappa shape index (κ2) is 9.48. The quantitative estimate of drug-likeness (QED) is 0.410. The van der Waals surface area contributed by atoms with E-state index < -0.39 is 10.0 Å². The maximum atomic E-state index is 13.7. The van der Waals surface area contributed by atoms with Crippen molar-refractivity contribution in [1.29, 1.82) is 0 Å². The van der Waals surface area contributed by atoms with Crippen LogP contribution in [0.2, 0.25) is 0 Å². The van der Waals surface area contributed by atoms with Crippen LogP contribution >= 0.6 is 0 Å². The van der Waals surface area contributed by atoms with Crippen molar-refractivity contribution in [2.24, 2.45) is 0 Å². The van der Waals surface area contributed by atoms with E-state index in [0.717, 1.165) is 5.39 Å². The molecular formula is C25H24N2O6S. The summed E-state index contributed by atoms with van der Waals surface area (Å²) in [5.41, 5.74) is 0.931. The summed E-state index contributed by atoms with van der Waals surface area (Å²) in [6.45, 7) is -0.177. The standard InChI is InChI=1S/C25H24N2O6S/c1-31-20-6-4-19(5-7-20)27(34(29,30)23-11-8-21(32-2)9-12-23)16-18-14-17-15-22(33-3)10-13-24(17)26-25(18)28/h4-15H,16H2,1-3H3,(H,26,28). The zero-order valence-corrected chi connectivity index (χ0v) is 19.8. The Balaban J connectivity index is 1.82. The maximum absolute atomic E-state index is 13.7. The number of pyridine rings is 1. The van der Waals surface area contributed by atoms with E-state index in [1.165, 1.54) is 30.7 Å². The van der Waals surface area contributed by atoms with Gasteiger partial charge >= 0.3 is 0 Å². The first-order chi connectivity index (χ1) is 16.3. The van der Waals surface area contributed by atoms with Crippen molar-refractivity contribution in [1.82, 2.24) is 4.98 Å². The summed E-state index contributed by atoms with van der Waals surface area (Å²) in [7, 11) is 0.576. The molecule has 0 atom stereocenters. The number of rotatable bonds is 8. The minimum Gasteiger partial charge on any atom is -0.497 e. The summed E-state index contributed by atoms with van der Waals surface area (Å²) in [6, 6.07) is 19.7. The Hall–Kier alpha value is -3.98. The summed E-state index contributed by atoms with van der Waals surface area (Å²) in [4.78, 5) is 15.8. The van der Waals surface area contributed by atoms with Gasteiger partial charge in [-0.1, -0.05) is 0 Å². The molecule has 0 aliphatic carbocycles. The number of ether oxygens (including phenoxy) is 3. The number of methoxy groups -OCH3 is 3. The van der Waals surface area contributed by atoms with E-state index >= 15 is 0 Å². The van der Waals surface area contributed by atoms with E-state index in [9.17, 15) is 13.2 Å². The number of hydrogen-bond donors (Lipinski definition) is 1. The van der Waals surface area contributed by atoms with E-state index in [-0.39, 0.29) is 22.6 Å². The molecule has 0 spiro atoms. The molecule has 9 heteroatoms. The van der Waals surface area contributed by atoms with Crippen molar-refractivity contribution in [2.75, 3.05) is 25.6 Å². The third kappa shape index (κ3) is 4.55. The maximum Gasteiger partial charge on any atom is 0.264 e. The summed E-state index contributed by atoms with van der Waals surface area (Å²) >= 11 is 0. The number of benzene rings is 3. The fraction of sp³-hybridized carbons (Fsp3) is 0.160. The highest BCUT2D eigenvalue weighted by Crippen LogP contribution is 2.29. The number of anilines is 1. The van der Waals surface area contributed by atoms with Gasteiger partial charge in [-0.15, -0.1) is 0 Å². The third-order valence-electron chi connectivity index (χ3n) is 5.45. The average molecular weight is 481 g/mol. The van der Waals surface area contributed by atoms with Gasteiger partial charge in [-0.2, -0.15) is 0 Å².